The van der Waals surface area contributed by atoms with Crippen LogP contribution in [0.3, 0.4) is 0 Å². The first-order valence-electron chi connectivity index (χ1n) is 10.0. The van der Waals surface area contributed by atoms with Crippen molar-refractivity contribution in [2.75, 3.05) is 31.1 Å². The Bertz CT molecular complexity index is 940. The summed E-state index contributed by atoms with van der Waals surface area (Å²) in [4.78, 5) is 25.7. The molecule has 0 N–H and O–H groups in total. The minimum Gasteiger partial charge on any atom is -0.444 e. The predicted octanol–water partition coefficient (Wildman–Crippen LogP) is 4.49. The molecule has 0 aliphatic carbocycles. The maximum Gasteiger partial charge on any atom is 0.410 e. The number of anilines is 1. The van der Waals surface area contributed by atoms with E-state index in [0.717, 1.165) is 24.3 Å². The Morgan fingerprint density at radius 3 is 2.63 bits per heavy atom. The van der Waals surface area contributed by atoms with Gasteiger partial charge in [0.05, 0.1) is 11.8 Å². The van der Waals surface area contributed by atoms with Gasteiger partial charge < -0.3 is 14.5 Å². The van der Waals surface area contributed by atoms with Gasteiger partial charge in [0.25, 0.3) is 0 Å². The van der Waals surface area contributed by atoms with E-state index in [1.54, 1.807) is 11.0 Å². The first-order chi connectivity index (χ1) is 14.0. The molecule has 4 heterocycles. The Kier molecular flexibility index (Phi) is 5.32. The third kappa shape index (κ3) is 4.63. The van der Waals surface area contributed by atoms with E-state index in [9.17, 15) is 18.0 Å². The summed E-state index contributed by atoms with van der Waals surface area (Å²) in [5.74, 6) is 1.38. The summed E-state index contributed by atoms with van der Waals surface area (Å²) < 4.78 is 43.9. The predicted molar refractivity (Wildman–Crippen MR) is 109 cm³/mol. The van der Waals surface area contributed by atoms with E-state index >= 15 is 0 Å². The lowest BCUT2D eigenvalue weighted by Crippen LogP contribution is -2.45. The van der Waals surface area contributed by atoms with Crippen molar-refractivity contribution in [1.29, 1.82) is 0 Å². The van der Waals surface area contributed by atoms with Gasteiger partial charge in [-0.25, -0.2) is 14.8 Å². The van der Waals surface area contributed by atoms with Crippen molar-refractivity contribution in [1.82, 2.24) is 14.9 Å². The third-order valence-corrected chi connectivity index (χ3v) is 6.53. The van der Waals surface area contributed by atoms with Crippen LogP contribution in [0.2, 0.25) is 0 Å². The number of ether oxygens (including phenoxy) is 1. The zero-order valence-corrected chi connectivity index (χ0v) is 18.0. The van der Waals surface area contributed by atoms with Crippen LogP contribution in [-0.4, -0.2) is 58.9 Å². The second-order valence-corrected chi connectivity index (χ2v) is 10.2. The molecule has 0 unspecified atom stereocenters. The first-order valence-corrected chi connectivity index (χ1v) is 10.8. The topological polar surface area (TPSA) is 58.6 Å². The van der Waals surface area contributed by atoms with Crippen LogP contribution in [0, 0.1) is 11.8 Å². The number of piperidine rings is 1. The van der Waals surface area contributed by atoms with Crippen molar-refractivity contribution in [3.05, 3.63) is 17.3 Å². The molecule has 1 amide bonds. The molecule has 2 aliphatic rings. The number of alkyl halides is 3. The van der Waals surface area contributed by atoms with E-state index in [-0.39, 0.29) is 16.9 Å². The number of carbonyl (C=O) groups is 1. The monoisotopic (exact) mass is 442 g/mol. The van der Waals surface area contributed by atoms with Gasteiger partial charge in [-0.05, 0) is 45.1 Å². The van der Waals surface area contributed by atoms with Crippen molar-refractivity contribution in [2.45, 2.75) is 45.4 Å². The van der Waals surface area contributed by atoms with Gasteiger partial charge in [-0.2, -0.15) is 13.2 Å². The lowest BCUT2D eigenvalue weighted by atomic mass is 9.89. The highest BCUT2D eigenvalue weighted by atomic mass is 32.1. The fraction of sp³-hybridized carbons (Fsp3) is 0.650. The molecule has 2 fully saturated rings. The van der Waals surface area contributed by atoms with Gasteiger partial charge in [-0.3, -0.25) is 0 Å². The Hall–Kier alpha value is -2.10. The number of aromatic nitrogens is 2. The van der Waals surface area contributed by atoms with Crippen LogP contribution in [0.25, 0.3) is 10.2 Å². The fourth-order valence-corrected chi connectivity index (χ4v) is 5.28. The van der Waals surface area contributed by atoms with Crippen molar-refractivity contribution in [2.24, 2.45) is 11.8 Å². The van der Waals surface area contributed by atoms with Crippen molar-refractivity contribution < 1.29 is 22.7 Å². The molecule has 164 valence electrons. The number of rotatable bonds is 2. The molecule has 2 aliphatic heterocycles. The molecule has 2 aromatic rings. The Balaban J connectivity index is 1.49. The molecule has 0 saturated carbocycles. The second-order valence-electron chi connectivity index (χ2n) is 9.06. The van der Waals surface area contributed by atoms with Gasteiger partial charge in [0.2, 0.25) is 0 Å². The summed E-state index contributed by atoms with van der Waals surface area (Å²) in [5.41, 5.74) is -0.532. The quantitative estimate of drug-likeness (QED) is 0.686. The van der Waals surface area contributed by atoms with Gasteiger partial charge in [-0.1, -0.05) is 0 Å². The van der Waals surface area contributed by atoms with Gasteiger partial charge in [-0.15, -0.1) is 11.3 Å². The molecule has 0 bridgehead atoms. The van der Waals surface area contributed by atoms with Crippen LogP contribution in [0.4, 0.5) is 23.8 Å². The number of nitrogens with zero attached hydrogens (tertiary/aromatic N) is 4. The maximum absolute atomic E-state index is 12.8. The number of hydrogen-bond acceptors (Lipinski definition) is 6. The Labute approximate surface area is 177 Å². The summed E-state index contributed by atoms with van der Waals surface area (Å²) in [6, 6.07) is 1.57. The number of thiophene rings is 1. The summed E-state index contributed by atoms with van der Waals surface area (Å²) in [6.07, 6.45) is -3.21. The summed E-state index contributed by atoms with van der Waals surface area (Å²) in [7, 11) is 0. The molecule has 0 radical (unpaired) electrons. The number of fused-ring (bicyclic) bond motifs is 2. The number of halogens is 3. The van der Waals surface area contributed by atoms with Gasteiger partial charge in [0.15, 0.2) is 0 Å². The van der Waals surface area contributed by atoms with Crippen LogP contribution < -0.4 is 4.90 Å². The molecule has 0 aromatic carbocycles. The van der Waals surface area contributed by atoms with Crippen LogP contribution in [0.1, 0.15) is 32.1 Å². The lowest BCUT2D eigenvalue weighted by molar-refractivity contribution is -0.126. The molecule has 4 rings (SSSR count). The molecule has 2 atom stereocenters. The highest BCUT2D eigenvalue weighted by molar-refractivity contribution is 7.18. The Morgan fingerprint density at radius 2 is 1.93 bits per heavy atom. The van der Waals surface area contributed by atoms with E-state index in [1.807, 2.05) is 20.8 Å². The Morgan fingerprint density at radius 1 is 1.20 bits per heavy atom. The van der Waals surface area contributed by atoms with Crippen molar-refractivity contribution >= 4 is 33.5 Å². The number of amides is 1. The third-order valence-electron chi connectivity index (χ3n) is 5.49. The average molecular weight is 443 g/mol. The summed E-state index contributed by atoms with van der Waals surface area (Å²) in [6.45, 7) is 8.31. The lowest BCUT2D eigenvalue weighted by Gasteiger charge is -2.35. The van der Waals surface area contributed by atoms with E-state index in [2.05, 4.69) is 14.9 Å². The molecular formula is C20H25F3N4O2S. The van der Waals surface area contributed by atoms with E-state index in [4.69, 9.17) is 4.74 Å². The van der Waals surface area contributed by atoms with Crippen LogP contribution in [0.5, 0.6) is 0 Å². The van der Waals surface area contributed by atoms with E-state index in [0.29, 0.717) is 41.6 Å². The minimum atomic E-state index is -4.25. The summed E-state index contributed by atoms with van der Waals surface area (Å²) >= 11 is 1.06. The van der Waals surface area contributed by atoms with Crippen molar-refractivity contribution in [3.63, 3.8) is 0 Å². The van der Waals surface area contributed by atoms with Gasteiger partial charge in [0.1, 0.15) is 22.6 Å². The molecule has 2 aromatic heterocycles. The van der Waals surface area contributed by atoms with E-state index in [1.165, 1.54) is 6.33 Å². The van der Waals surface area contributed by atoms with Crippen LogP contribution >= 0.6 is 11.3 Å². The fourth-order valence-electron chi connectivity index (χ4n) is 4.26. The smallest absolute Gasteiger partial charge is 0.410 e. The highest BCUT2D eigenvalue weighted by Gasteiger charge is 2.40. The standard InChI is InChI=1S/C20H25F3N4O2S/c1-19(2,3)29-18(28)26-5-4-12-8-27(10-13(12)9-26)16-15-6-14(7-20(21,22)23)30-17(15)25-11-24-16/h6,11-13H,4-5,7-10H2,1-3H3/t12-,13+/m0/s1. The van der Waals surface area contributed by atoms with Crippen LogP contribution in [-0.2, 0) is 11.2 Å². The molecule has 6 nitrogen and oxygen atoms in total. The normalized spacial score (nSPS) is 22.5. The van der Waals surface area contributed by atoms with Crippen molar-refractivity contribution in [3.8, 4) is 0 Å². The van der Waals surface area contributed by atoms with E-state index < -0.39 is 18.2 Å². The first kappa shape index (κ1) is 21.1. The molecule has 2 saturated heterocycles. The second kappa shape index (κ2) is 7.55. The number of carbonyl (C=O) groups excluding carboxylic acids is 1. The molecule has 10 heteroatoms. The largest absolute Gasteiger partial charge is 0.444 e. The van der Waals surface area contributed by atoms with Crippen LogP contribution in [0.15, 0.2) is 12.4 Å². The number of hydrogen-bond donors (Lipinski definition) is 0. The maximum atomic E-state index is 12.8. The zero-order valence-electron chi connectivity index (χ0n) is 17.2. The molecular weight excluding hydrogens is 417 g/mol. The van der Waals surface area contributed by atoms with Gasteiger partial charge >= 0.3 is 12.3 Å². The minimum absolute atomic E-state index is 0.243. The average Bonchev–Trinajstić information content (AvgIpc) is 3.20. The zero-order chi connectivity index (χ0) is 21.7. The summed E-state index contributed by atoms with van der Waals surface area (Å²) in [5, 5.41) is 0.671. The SMILES string of the molecule is CC(C)(C)OC(=O)N1CC[C@H]2CN(c3ncnc4sc(CC(F)(F)F)cc34)C[C@H]2C1. The highest BCUT2D eigenvalue weighted by Crippen LogP contribution is 2.38. The van der Waals surface area contributed by atoms with Gasteiger partial charge in [0, 0.05) is 31.1 Å². The number of likely N-dealkylation sites (tertiary alicyclic amines) is 1. The molecule has 30 heavy (non-hydrogen) atoms. The molecule has 0 spiro atoms.